The van der Waals surface area contributed by atoms with Gasteiger partial charge in [-0.3, -0.25) is 4.79 Å². The summed E-state index contributed by atoms with van der Waals surface area (Å²) in [4.78, 5) is 23.6. The van der Waals surface area contributed by atoms with Crippen molar-refractivity contribution in [2.45, 2.75) is 6.54 Å². The van der Waals surface area contributed by atoms with Crippen molar-refractivity contribution in [1.29, 1.82) is 0 Å². The lowest BCUT2D eigenvalue weighted by molar-refractivity contribution is -0.124. The topological polar surface area (TPSA) is 94.1 Å². The summed E-state index contributed by atoms with van der Waals surface area (Å²) in [6, 6.07) is 11.2. The number of aromatic hydroxyl groups is 1. The number of nitrogens with one attached hydrogen (secondary N) is 1. The molecule has 0 heterocycles. The first-order valence-electron chi connectivity index (χ1n) is 7.48. The molecule has 0 aliphatic rings. The molecule has 2 aromatic carbocycles. The molecular weight excluding hydrogens is 326 g/mol. The normalized spacial score (nSPS) is 10.0. The minimum atomic E-state index is -0.764. The number of ether oxygens (including phenoxy) is 3. The summed E-state index contributed by atoms with van der Waals surface area (Å²) in [5.74, 6) is -0.273. The van der Waals surface area contributed by atoms with Crippen LogP contribution < -0.4 is 14.8 Å². The highest BCUT2D eigenvalue weighted by Crippen LogP contribution is 2.27. The largest absolute Gasteiger partial charge is 0.507 e. The Labute approximate surface area is 145 Å². The minimum Gasteiger partial charge on any atom is -0.507 e. The first-order chi connectivity index (χ1) is 12.0. The number of rotatable bonds is 7. The second-order valence-corrected chi connectivity index (χ2v) is 5.06. The molecule has 0 aromatic heterocycles. The smallest absolute Gasteiger partial charge is 0.342 e. The molecule has 132 valence electrons. The molecule has 0 saturated carbocycles. The van der Waals surface area contributed by atoms with E-state index in [-0.39, 0.29) is 17.9 Å². The van der Waals surface area contributed by atoms with Crippen molar-refractivity contribution in [3.63, 3.8) is 0 Å². The molecule has 7 nitrogen and oxygen atoms in total. The standard InChI is InChI=1S/C18H19NO6/c1-23-15-8-7-12(9-16(15)24-2)10-19-17(21)11-25-18(22)13-5-3-4-6-14(13)20/h3-9,20H,10-11H2,1-2H3,(H,19,21). The van der Waals surface area contributed by atoms with Crippen LogP contribution in [-0.4, -0.2) is 37.8 Å². The number of hydrogen-bond acceptors (Lipinski definition) is 6. The van der Waals surface area contributed by atoms with Crippen LogP contribution in [0.4, 0.5) is 0 Å². The van der Waals surface area contributed by atoms with Crippen LogP contribution >= 0.6 is 0 Å². The fourth-order valence-electron chi connectivity index (χ4n) is 2.10. The Morgan fingerprint density at radius 1 is 1.04 bits per heavy atom. The van der Waals surface area contributed by atoms with Gasteiger partial charge >= 0.3 is 5.97 Å². The van der Waals surface area contributed by atoms with E-state index in [9.17, 15) is 14.7 Å². The highest BCUT2D eigenvalue weighted by Gasteiger charge is 2.13. The van der Waals surface area contributed by atoms with E-state index in [0.29, 0.717) is 11.5 Å². The molecule has 0 atom stereocenters. The molecule has 0 aliphatic carbocycles. The van der Waals surface area contributed by atoms with Gasteiger partial charge in [-0.25, -0.2) is 4.79 Å². The second-order valence-electron chi connectivity index (χ2n) is 5.06. The van der Waals surface area contributed by atoms with E-state index >= 15 is 0 Å². The lowest BCUT2D eigenvalue weighted by Crippen LogP contribution is -2.28. The maximum atomic E-state index is 11.8. The second kappa shape index (κ2) is 8.58. The van der Waals surface area contributed by atoms with Crippen molar-refractivity contribution < 1.29 is 28.9 Å². The van der Waals surface area contributed by atoms with Gasteiger partial charge in [-0.05, 0) is 29.8 Å². The van der Waals surface area contributed by atoms with Gasteiger partial charge in [0.05, 0.1) is 14.2 Å². The van der Waals surface area contributed by atoms with Gasteiger partial charge in [-0.15, -0.1) is 0 Å². The number of phenolic OH excluding ortho intramolecular Hbond substituents is 1. The lowest BCUT2D eigenvalue weighted by Gasteiger charge is -2.10. The van der Waals surface area contributed by atoms with E-state index < -0.39 is 18.5 Å². The predicted molar refractivity (Wildman–Crippen MR) is 89.8 cm³/mol. The van der Waals surface area contributed by atoms with Crippen molar-refractivity contribution in [3.05, 3.63) is 53.6 Å². The summed E-state index contributed by atoms with van der Waals surface area (Å²) < 4.78 is 15.2. The molecule has 0 saturated heterocycles. The maximum absolute atomic E-state index is 11.8. The van der Waals surface area contributed by atoms with Crippen LogP contribution in [0, 0.1) is 0 Å². The van der Waals surface area contributed by atoms with Gasteiger partial charge in [-0.1, -0.05) is 18.2 Å². The summed E-state index contributed by atoms with van der Waals surface area (Å²) in [6.07, 6.45) is 0. The molecule has 0 fully saturated rings. The minimum absolute atomic E-state index is 0.00944. The van der Waals surface area contributed by atoms with Gasteiger partial charge in [0, 0.05) is 6.54 Å². The van der Waals surface area contributed by atoms with Gasteiger partial charge in [0.25, 0.3) is 5.91 Å². The van der Waals surface area contributed by atoms with Gasteiger partial charge in [0.15, 0.2) is 18.1 Å². The highest BCUT2D eigenvalue weighted by atomic mass is 16.5. The lowest BCUT2D eigenvalue weighted by atomic mass is 10.2. The van der Waals surface area contributed by atoms with Crippen LogP contribution in [0.3, 0.4) is 0 Å². The predicted octanol–water partition coefficient (Wildman–Crippen LogP) is 1.88. The average Bonchev–Trinajstić information content (AvgIpc) is 2.64. The number of esters is 1. The first kappa shape index (κ1) is 18.1. The van der Waals surface area contributed by atoms with E-state index in [2.05, 4.69) is 5.32 Å². The third-order valence-electron chi connectivity index (χ3n) is 3.40. The first-order valence-corrected chi connectivity index (χ1v) is 7.48. The molecule has 0 radical (unpaired) electrons. The number of carbonyl (C=O) groups excluding carboxylic acids is 2. The molecule has 0 aliphatic heterocycles. The van der Waals surface area contributed by atoms with Gasteiger partial charge in [0.1, 0.15) is 11.3 Å². The van der Waals surface area contributed by atoms with Crippen LogP contribution in [-0.2, 0) is 16.1 Å². The van der Waals surface area contributed by atoms with E-state index in [1.165, 1.54) is 26.4 Å². The summed E-state index contributed by atoms with van der Waals surface area (Å²) in [7, 11) is 3.07. The summed E-state index contributed by atoms with van der Waals surface area (Å²) in [5, 5.41) is 12.2. The fourth-order valence-corrected chi connectivity index (χ4v) is 2.10. The molecule has 0 unspecified atom stereocenters. The molecule has 0 spiro atoms. The van der Waals surface area contributed by atoms with Crippen LogP contribution in [0.15, 0.2) is 42.5 Å². The molecule has 2 N–H and O–H groups in total. The molecule has 1 amide bonds. The Morgan fingerprint density at radius 3 is 2.44 bits per heavy atom. The Morgan fingerprint density at radius 2 is 1.76 bits per heavy atom. The van der Waals surface area contributed by atoms with Crippen LogP contribution in [0.5, 0.6) is 17.2 Å². The summed E-state index contributed by atoms with van der Waals surface area (Å²) >= 11 is 0. The molecule has 2 aromatic rings. The number of methoxy groups -OCH3 is 2. The molecule has 2 rings (SSSR count). The molecular formula is C18H19NO6. The third kappa shape index (κ3) is 4.87. The number of hydrogen-bond donors (Lipinski definition) is 2. The maximum Gasteiger partial charge on any atom is 0.342 e. The van der Waals surface area contributed by atoms with Crippen molar-refractivity contribution in [2.75, 3.05) is 20.8 Å². The number of phenols is 1. The van der Waals surface area contributed by atoms with Crippen molar-refractivity contribution in [1.82, 2.24) is 5.32 Å². The van der Waals surface area contributed by atoms with E-state index in [0.717, 1.165) is 5.56 Å². The van der Waals surface area contributed by atoms with Crippen molar-refractivity contribution in [3.8, 4) is 17.2 Å². The Balaban J connectivity index is 1.85. The van der Waals surface area contributed by atoms with E-state index in [1.807, 2.05) is 0 Å². The summed E-state index contributed by atoms with van der Waals surface area (Å²) in [5.41, 5.74) is 0.813. The number of carbonyl (C=O) groups is 2. The van der Waals surface area contributed by atoms with Crippen molar-refractivity contribution in [2.24, 2.45) is 0 Å². The third-order valence-corrected chi connectivity index (χ3v) is 3.40. The fraction of sp³-hybridized carbons (Fsp3) is 0.222. The van der Waals surface area contributed by atoms with Crippen LogP contribution in [0.1, 0.15) is 15.9 Å². The van der Waals surface area contributed by atoms with Crippen LogP contribution in [0.2, 0.25) is 0 Å². The molecule has 7 heteroatoms. The Bertz CT molecular complexity index is 759. The monoisotopic (exact) mass is 345 g/mol. The van der Waals surface area contributed by atoms with Crippen LogP contribution in [0.25, 0.3) is 0 Å². The van der Waals surface area contributed by atoms with Gasteiger partial charge in [-0.2, -0.15) is 0 Å². The molecule has 25 heavy (non-hydrogen) atoms. The quantitative estimate of drug-likeness (QED) is 0.744. The highest BCUT2D eigenvalue weighted by molar-refractivity contribution is 5.93. The Hall–Kier alpha value is -3.22. The zero-order chi connectivity index (χ0) is 18.2. The van der Waals surface area contributed by atoms with E-state index in [4.69, 9.17) is 14.2 Å². The number of amides is 1. The van der Waals surface area contributed by atoms with E-state index in [1.54, 1.807) is 30.3 Å². The number of para-hydroxylation sites is 1. The number of benzene rings is 2. The van der Waals surface area contributed by atoms with Crippen molar-refractivity contribution >= 4 is 11.9 Å². The zero-order valence-corrected chi connectivity index (χ0v) is 13.9. The average molecular weight is 345 g/mol. The zero-order valence-electron chi connectivity index (χ0n) is 13.9. The van der Waals surface area contributed by atoms with Gasteiger partial charge < -0.3 is 24.6 Å². The SMILES string of the molecule is COc1ccc(CNC(=O)COC(=O)c2ccccc2O)cc1OC. The van der Waals surface area contributed by atoms with Gasteiger partial charge in [0.2, 0.25) is 0 Å². The molecule has 0 bridgehead atoms. The Kier molecular flexibility index (Phi) is 6.22. The summed E-state index contributed by atoms with van der Waals surface area (Å²) in [6.45, 7) is -0.201.